The zero-order valence-corrected chi connectivity index (χ0v) is 18.4. The highest BCUT2D eigenvalue weighted by Crippen LogP contribution is 2.33. The first-order valence-electron chi connectivity index (χ1n) is 10.5. The number of aryl methyl sites for hydroxylation is 1. The molecule has 0 radical (unpaired) electrons. The van der Waals surface area contributed by atoms with Crippen LogP contribution >= 0.6 is 0 Å². The zero-order valence-electron chi connectivity index (χ0n) is 18.4. The molecule has 0 aliphatic carbocycles. The average Bonchev–Trinajstić information content (AvgIpc) is 3.48. The maximum absolute atomic E-state index is 13.1. The van der Waals surface area contributed by atoms with Crippen molar-refractivity contribution in [1.82, 2.24) is 9.91 Å². The van der Waals surface area contributed by atoms with Gasteiger partial charge in [-0.25, -0.2) is 5.01 Å². The molecule has 164 valence electrons. The Labute approximate surface area is 187 Å². The van der Waals surface area contributed by atoms with E-state index in [1.165, 1.54) is 15.5 Å². The zero-order chi connectivity index (χ0) is 22.7. The Bertz CT molecular complexity index is 1120. The molecule has 1 N–H and O–H groups in total. The van der Waals surface area contributed by atoms with Gasteiger partial charge in [-0.05, 0) is 48.9 Å². The molecule has 3 aromatic rings. The van der Waals surface area contributed by atoms with E-state index >= 15 is 0 Å². The summed E-state index contributed by atoms with van der Waals surface area (Å²) in [6.07, 6.45) is 2.19. The molecule has 1 aliphatic heterocycles. The highest BCUT2D eigenvalue weighted by atomic mass is 16.3. The minimum Gasteiger partial charge on any atom is -0.467 e. The molecule has 0 spiro atoms. The molecule has 2 heterocycles. The van der Waals surface area contributed by atoms with E-state index in [0.717, 1.165) is 17.0 Å². The molecule has 2 amide bonds. The van der Waals surface area contributed by atoms with Crippen LogP contribution in [0.1, 0.15) is 39.7 Å². The van der Waals surface area contributed by atoms with Crippen LogP contribution in [0.3, 0.4) is 0 Å². The summed E-state index contributed by atoms with van der Waals surface area (Å²) in [5.74, 6) is 0.474. The van der Waals surface area contributed by atoms with Crippen molar-refractivity contribution >= 4 is 23.2 Å². The summed E-state index contributed by atoms with van der Waals surface area (Å²) in [5, 5.41) is 9.28. The minimum absolute atomic E-state index is 0.0658. The number of benzene rings is 2. The van der Waals surface area contributed by atoms with Crippen LogP contribution in [0.5, 0.6) is 0 Å². The van der Waals surface area contributed by atoms with E-state index < -0.39 is 0 Å². The molecule has 0 unspecified atom stereocenters. The number of carbonyl (C=O) groups is 2. The van der Waals surface area contributed by atoms with Crippen molar-refractivity contribution in [3.05, 3.63) is 89.4 Å². The SMILES string of the molecule is Cc1ccc(C2=NN(C(=O)CNc3ccc(C(=O)N(C)C)cc3)[C@@H](c3ccco3)C2)cc1. The van der Waals surface area contributed by atoms with Gasteiger partial charge in [0.15, 0.2) is 0 Å². The quantitative estimate of drug-likeness (QED) is 0.639. The molecule has 0 saturated carbocycles. The van der Waals surface area contributed by atoms with Crippen molar-refractivity contribution < 1.29 is 14.0 Å². The molecule has 0 saturated heterocycles. The van der Waals surface area contributed by atoms with Gasteiger partial charge < -0.3 is 14.6 Å². The van der Waals surface area contributed by atoms with Gasteiger partial charge in [0, 0.05) is 31.8 Å². The van der Waals surface area contributed by atoms with E-state index in [0.29, 0.717) is 17.7 Å². The van der Waals surface area contributed by atoms with Crippen molar-refractivity contribution in [2.45, 2.75) is 19.4 Å². The number of carbonyl (C=O) groups excluding carboxylic acids is 2. The summed E-state index contributed by atoms with van der Waals surface area (Å²) in [6.45, 7) is 2.11. The Kier molecular flexibility index (Phi) is 6.07. The first-order valence-corrected chi connectivity index (χ1v) is 10.5. The number of nitrogens with zero attached hydrogens (tertiary/aromatic N) is 3. The van der Waals surface area contributed by atoms with Crippen LogP contribution in [0.25, 0.3) is 0 Å². The third kappa shape index (κ3) is 4.56. The van der Waals surface area contributed by atoms with Crippen LogP contribution in [0.15, 0.2) is 76.4 Å². The third-order valence-electron chi connectivity index (χ3n) is 5.40. The summed E-state index contributed by atoms with van der Waals surface area (Å²) < 4.78 is 5.60. The second-order valence-corrected chi connectivity index (χ2v) is 8.02. The number of furan rings is 1. The first kappa shape index (κ1) is 21.4. The molecule has 1 aliphatic rings. The molecule has 2 aromatic carbocycles. The van der Waals surface area contributed by atoms with Crippen LogP contribution in [-0.2, 0) is 4.79 Å². The summed E-state index contributed by atoms with van der Waals surface area (Å²) in [6, 6.07) is 18.6. The average molecular weight is 431 g/mol. The predicted molar refractivity (Wildman–Crippen MR) is 124 cm³/mol. The monoisotopic (exact) mass is 430 g/mol. The van der Waals surface area contributed by atoms with Gasteiger partial charge in [-0.2, -0.15) is 5.10 Å². The summed E-state index contributed by atoms with van der Waals surface area (Å²) in [7, 11) is 3.42. The fourth-order valence-electron chi connectivity index (χ4n) is 3.61. The fraction of sp³-hybridized carbons (Fsp3) is 0.240. The summed E-state index contributed by atoms with van der Waals surface area (Å²) in [4.78, 5) is 26.6. The predicted octanol–water partition coefficient (Wildman–Crippen LogP) is 4.08. The number of amides is 2. The number of nitrogens with one attached hydrogen (secondary N) is 1. The highest BCUT2D eigenvalue weighted by molar-refractivity contribution is 6.03. The van der Waals surface area contributed by atoms with Gasteiger partial charge in [0.2, 0.25) is 0 Å². The van der Waals surface area contributed by atoms with Gasteiger partial charge >= 0.3 is 0 Å². The summed E-state index contributed by atoms with van der Waals surface area (Å²) in [5.41, 5.74) is 4.37. The topological polar surface area (TPSA) is 78.2 Å². The highest BCUT2D eigenvalue weighted by Gasteiger charge is 2.34. The van der Waals surface area contributed by atoms with Crippen molar-refractivity contribution in [1.29, 1.82) is 0 Å². The van der Waals surface area contributed by atoms with Gasteiger partial charge in [-0.15, -0.1) is 0 Å². The second kappa shape index (κ2) is 9.09. The van der Waals surface area contributed by atoms with Crippen LogP contribution in [0, 0.1) is 6.92 Å². The first-order chi connectivity index (χ1) is 15.4. The van der Waals surface area contributed by atoms with E-state index in [4.69, 9.17) is 4.42 Å². The lowest BCUT2D eigenvalue weighted by Gasteiger charge is -2.20. The maximum Gasteiger partial charge on any atom is 0.262 e. The van der Waals surface area contributed by atoms with E-state index in [1.54, 1.807) is 44.6 Å². The fourth-order valence-corrected chi connectivity index (χ4v) is 3.61. The van der Waals surface area contributed by atoms with Gasteiger partial charge in [-0.1, -0.05) is 29.8 Å². The van der Waals surface area contributed by atoms with E-state index in [-0.39, 0.29) is 24.4 Å². The summed E-state index contributed by atoms with van der Waals surface area (Å²) >= 11 is 0. The number of hydrogen-bond acceptors (Lipinski definition) is 5. The lowest BCUT2D eigenvalue weighted by atomic mass is 10.0. The number of hydrogen-bond donors (Lipinski definition) is 1. The molecular formula is C25H26N4O3. The van der Waals surface area contributed by atoms with Crippen LogP contribution < -0.4 is 5.32 Å². The van der Waals surface area contributed by atoms with Gasteiger partial charge in [0.25, 0.3) is 11.8 Å². The minimum atomic E-state index is -0.282. The molecule has 7 heteroatoms. The van der Waals surface area contributed by atoms with Crippen LogP contribution in [-0.4, -0.2) is 48.1 Å². The Morgan fingerprint density at radius 2 is 1.81 bits per heavy atom. The maximum atomic E-state index is 13.1. The lowest BCUT2D eigenvalue weighted by molar-refractivity contribution is -0.131. The smallest absolute Gasteiger partial charge is 0.262 e. The molecule has 1 aromatic heterocycles. The molecule has 32 heavy (non-hydrogen) atoms. The number of hydrazone groups is 1. The standard InChI is InChI=1S/C25H26N4O3/c1-17-6-8-18(9-7-17)21-15-22(23-5-4-14-32-23)29(27-21)24(30)16-26-20-12-10-19(11-13-20)25(31)28(2)3/h4-14,22,26H,15-16H2,1-3H3/t22-/m1/s1. The largest absolute Gasteiger partial charge is 0.467 e. The number of anilines is 1. The van der Waals surface area contributed by atoms with E-state index in [2.05, 4.69) is 10.4 Å². The molecule has 7 nitrogen and oxygen atoms in total. The van der Waals surface area contributed by atoms with E-state index in [9.17, 15) is 9.59 Å². The van der Waals surface area contributed by atoms with Crippen LogP contribution in [0.4, 0.5) is 5.69 Å². The third-order valence-corrected chi connectivity index (χ3v) is 5.40. The van der Waals surface area contributed by atoms with Crippen molar-refractivity contribution in [2.24, 2.45) is 5.10 Å². The Morgan fingerprint density at radius 1 is 1.09 bits per heavy atom. The number of rotatable bonds is 6. The molecular weight excluding hydrogens is 404 g/mol. The molecule has 4 rings (SSSR count). The Morgan fingerprint density at radius 3 is 2.44 bits per heavy atom. The Balaban J connectivity index is 1.48. The molecule has 0 bridgehead atoms. The van der Waals surface area contributed by atoms with Crippen molar-refractivity contribution in [3.8, 4) is 0 Å². The molecule has 1 atom stereocenters. The lowest BCUT2D eigenvalue weighted by Crippen LogP contribution is -2.32. The Hall–Kier alpha value is -3.87. The van der Waals surface area contributed by atoms with Crippen LogP contribution in [0.2, 0.25) is 0 Å². The molecule has 0 fully saturated rings. The van der Waals surface area contributed by atoms with Crippen molar-refractivity contribution in [2.75, 3.05) is 26.0 Å². The normalized spacial score (nSPS) is 15.4. The van der Waals surface area contributed by atoms with Gasteiger partial charge in [-0.3, -0.25) is 9.59 Å². The van der Waals surface area contributed by atoms with Gasteiger partial charge in [0.05, 0.1) is 18.5 Å². The van der Waals surface area contributed by atoms with Gasteiger partial charge in [0.1, 0.15) is 11.8 Å². The van der Waals surface area contributed by atoms with Crippen molar-refractivity contribution in [3.63, 3.8) is 0 Å². The second-order valence-electron chi connectivity index (χ2n) is 8.02. The van der Waals surface area contributed by atoms with E-state index in [1.807, 2.05) is 43.3 Å².